The lowest BCUT2D eigenvalue weighted by atomic mass is 10.2. The van der Waals surface area contributed by atoms with E-state index < -0.39 is 11.6 Å². The summed E-state index contributed by atoms with van der Waals surface area (Å²) in [6.07, 6.45) is 0.611. The molecule has 0 heterocycles. The van der Waals surface area contributed by atoms with Crippen LogP contribution < -0.4 is 9.47 Å². The smallest absolute Gasteiger partial charge is 0.165 e. The van der Waals surface area contributed by atoms with E-state index in [-0.39, 0.29) is 23.5 Å². The van der Waals surface area contributed by atoms with Crippen molar-refractivity contribution in [3.63, 3.8) is 0 Å². The molecule has 0 unspecified atom stereocenters. The third-order valence-electron chi connectivity index (χ3n) is 2.76. The summed E-state index contributed by atoms with van der Waals surface area (Å²) in [7, 11) is 1.48. The molecule has 2 aromatic carbocycles. The molecule has 0 atom stereocenters. The van der Waals surface area contributed by atoms with E-state index in [0.717, 1.165) is 6.07 Å². The second-order valence-corrected chi connectivity index (χ2v) is 4.02. The highest BCUT2D eigenvalue weighted by atomic mass is 19.2. The van der Waals surface area contributed by atoms with Gasteiger partial charge in [-0.3, -0.25) is 4.79 Å². The van der Waals surface area contributed by atoms with Gasteiger partial charge in [0, 0.05) is 5.56 Å². The van der Waals surface area contributed by atoms with E-state index in [1.807, 2.05) is 0 Å². The molecule has 20 heavy (non-hydrogen) atoms. The molecule has 0 amide bonds. The van der Waals surface area contributed by atoms with Gasteiger partial charge in [0.05, 0.1) is 12.7 Å². The highest BCUT2D eigenvalue weighted by Crippen LogP contribution is 2.24. The fraction of sp³-hybridized carbons (Fsp3) is 0.133. The predicted octanol–water partition coefficient (Wildman–Crippen LogP) is 3.36. The molecule has 2 rings (SSSR count). The minimum Gasteiger partial charge on any atom is -0.497 e. The Labute approximate surface area is 114 Å². The van der Waals surface area contributed by atoms with Crippen molar-refractivity contribution in [2.24, 2.45) is 0 Å². The van der Waals surface area contributed by atoms with Crippen LogP contribution in [0.4, 0.5) is 8.78 Å². The highest BCUT2D eigenvalue weighted by Gasteiger charge is 2.10. The van der Waals surface area contributed by atoms with Crippen molar-refractivity contribution >= 4 is 6.29 Å². The molecule has 5 heteroatoms. The Bertz CT molecular complexity index is 627. The molecule has 0 aliphatic rings. The summed E-state index contributed by atoms with van der Waals surface area (Å²) >= 11 is 0. The van der Waals surface area contributed by atoms with Gasteiger partial charge in [0.15, 0.2) is 17.9 Å². The molecular weight excluding hydrogens is 266 g/mol. The third kappa shape index (κ3) is 2.93. The van der Waals surface area contributed by atoms with Crippen LogP contribution in [0.2, 0.25) is 0 Å². The fourth-order valence-electron chi connectivity index (χ4n) is 1.69. The first-order chi connectivity index (χ1) is 9.65. The Morgan fingerprint density at radius 3 is 2.70 bits per heavy atom. The van der Waals surface area contributed by atoms with Crippen molar-refractivity contribution in [2.45, 2.75) is 6.61 Å². The van der Waals surface area contributed by atoms with E-state index >= 15 is 0 Å². The van der Waals surface area contributed by atoms with Crippen molar-refractivity contribution in [1.29, 1.82) is 0 Å². The van der Waals surface area contributed by atoms with Crippen molar-refractivity contribution in [1.82, 2.24) is 0 Å². The number of carbonyl (C=O) groups excluding carboxylic acids is 1. The summed E-state index contributed by atoms with van der Waals surface area (Å²) in [6, 6.07) is 8.51. The first-order valence-electron chi connectivity index (χ1n) is 5.84. The molecule has 0 aliphatic carbocycles. The van der Waals surface area contributed by atoms with Crippen LogP contribution in [0.1, 0.15) is 15.9 Å². The van der Waals surface area contributed by atoms with E-state index in [0.29, 0.717) is 12.0 Å². The van der Waals surface area contributed by atoms with Gasteiger partial charge >= 0.3 is 0 Å². The zero-order valence-electron chi connectivity index (χ0n) is 10.7. The maximum absolute atomic E-state index is 13.5. The predicted molar refractivity (Wildman–Crippen MR) is 69.1 cm³/mol. The largest absolute Gasteiger partial charge is 0.497 e. The van der Waals surface area contributed by atoms with Crippen molar-refractivity contribution < 1.29 is 23.0 Å². The lowest BCUT2D eigenvalue weighted by Crippen LogP contribution is -2.02. The molecule has 0 N–H and O–H groups in total. The molecular formula is C15H12F2O3. The van der Waals surface area contributed by atoms with E-state index in [1.165, 1.54) is 25.3 Å². The Kier molecular flexibility index (Phi) is 4.30. The van der Waals surface area contributed by atoms with Gasteiger partial charge in [-0.25, -0.2) is 8.78 Å². The monoisotopic (exact) mass is 278 g/mol. The van der Waals surface area contributed by atoms with E-state index in [4.69, 9.17) is 9.47 Å². The van der Waals surface area contributed by atoms with Gasteiger partial charge in [0.1, 0.15) is 18.1 Å². The van der Waals surface area contributed by atoms with Gasteiger partial charge in [0.25, 0.3) is 0 Å². The number of rotatable bonds is 5. The lowest BCUT2D eigenvalue weighted by molar-refractivity contribution is 0.111. The molecule has 0 radical (unpaired) electrons. The van der Waals surface area contributed by atoms with E-state index in [9.17, 15) is 13.6 Å². The fourth-order valence-corrected chi connectivity index (χ4v) is 1.69. The second kappa shape index (κ2) is 6.14. The molecule has 104 valence electrons. The first-order valence-corrected chi connectivity index (χ1v) is 5.84. The van der Waals surface area contributed by atoms with Crippen LogP contribution in [0.3, 0.4) is 0 Å². The summed E-state index contributed by atoms with van der Waals surface area (Å²) in [6.45, 7) is -0.170. The number of methoxy groups -OCH3 is 1. The van der Waals surface area contributed by atoms with Crippen LogP contribution >= 0.6 is 0 Å². The van der Waals surface area contributed by atoms with Crippen molar-refractivity contribution in [3.8, 4) is 11.5 Å². The van der Waals surface area contributed by atoms with Gasteiger partial charge in [-0.2, -0.15) is 0 Å². The molecule has 0 aromatic heterocycles. The third-order valence-corrected chi connectivity index (χ3v) is 2.76. The SMILES string of the molecule is COc1ccc(OCc2cccc(F)c2F)c(C=O)c1. The zero-order chi connectivity index (χ0) is 14.5. The number of hydrogen-bond donors (Lipinski definition) is 0. The van der Waals surface area contributed by atoms with Crippen LogP contribution in [0.5, 0.6) is 11.5 Å². The second-order valence-electron chi connectivity index (χ2n) is 4.02. The van der Waals surface area contributed by atoms with Gasteiger partial charge in [-0.05, 0) is 24.3 Å². The quantitative estimate of drug-likeness (QED) is 0.787. The number of ether oxygens (including phenoxy) is 2. The van der Waals surface area contributed by atoms with Crippen LogP contribution in [0.15, 0.2) is 36.4 Å². The summed E-state index contributed by atoms with van der Waals surface area (Å²) in [5.41, 5.74) is 0.360. The first kappa shape index (κ1) is 14.0. The Balaban J connectivity index is 2.18. The molecule has 0 bridgehead atoms. The van der Waals surface area contributed by atoms with Crippen LogP contribution in [-0.2, 0) is 6.61 Å². The minimum atomic E-state index is -0.950. The summed E-state index contributed by atoms with van der Waals surface area (Å²) in [5, 5.41) is 0. The Morgan fingerprint density at radius 1 is 1.20 bits per heavy atom. The maximum Gasteiger partial charge on any atom is 0.165 e. The Morgan fingerprint density at radius 2 is 2.00 bits per heavy atom. The van der Waals surface area contributed by atoms with E-state index in [2.05, 4.69) is 0 Å². The molecule has 0 fully saturated rings. The summed E-state index contributed by atoms with van der Waals surface area (Å²) in [4.78, 5) is 11.0. The van der Waals surface area contributed by atoms with Gasteiger partial charge in [-0.15, -0.1) is 0 Å². The van der Waals surface area contributed by atoms with Crippen LogP contribution in [-0.4, -0.2) is 13.4 Å². The van der Waals surface area contributed by atoms with Gasteiger partial charge in [0.2, 0.25) is 0 Å². The average molecular weight is 278 g/mol. The summed E-state index contributed by atoms with van der Waals surface area (Å²) in [5.74, 6) is -1.09. The number of hydrogen-bond acceptors (Lipinski definition) is 3. The molecule has 0 aliphatic heterocycles. The molecule has 0 saturated heterocycles. The summed E-state index contributed by atoms with van der Waals surface area (Å²) < 4.78 is 36.8. The van der Waals surface area contributed by atoms with Gasteiger partial charge < -0.3 is 9.47 Å². The zero-order valence-corrected chi connectivity index (χ0v) is 10.7. The normalized spacial score (nSPS) is 10.2. The standard InChI is InChI=1S/C15H12F2O3/c1-19-12-5-6-14(11(7-12)8-18)20-9-10-3-2-4-13(16)15(10)17/h2-8H,9H2,1H3. The van der Waals surface area contributed by atoms with Crippen molar-refractivity contribution in [3.05, 3.63) is 59.2 Å². The number of benzene rings is 2. The Hall–Kier alpha value is -2.43. The van der Waals surface area contributed by atoms with Gasteiger partial charge in [-0.1, -0.05) is 12.1 Å². The van der Waals surface area contributed by atoms with Crippen LogP contribution in [0, 0.1) is 11.6 Å². The number of aldehydes is 1. The van der Waals surface area contributed by atoms with Crippen molar-refractivity contribution in [2.75, 3.05) is 7.11 Å². The topological polar surface area (TPSA) is 35.5 Å². The lowest BCUT2D eigenvalue weighted by Gasteiger charge is -2.10. The minimum absolute atomic E-state index is 0.0812. The maximum atomic E-state index is 13.5. The highest BCUT2D eigenvalue weighted by molar-refractivity contribution is 5.80. The van der Waals surface area contributed by atoms with E-state index in [1.54, 1.807) is 12.1 Å². The molecule has 2 aromatic rings. The number of halogens is 2. The molecule has 3 nitrogen and oxygen atoms in total. The molecule has 0 spiro atoms. The van der Waals surface area contributed by atoms with Crippen LogP contribution in [0.25, 0.3) is 0 Å². The number of carbonyl (C=O) groups is 1. The molecule has 0 saturated carbocycles. The average Bonchev–Trinajstić information content (AvgIpc) is 2.48.